The van der Waals surface area contributed by atoms with Crippen molar-refractivity contribution in [2.75, 3.05) is 51.8 Å². The van der Waals surface area contributed by atoms with Crippen molar-refractivity contribution in [3.05, 3.63) is 35.9 Å². The van der Waals surface area contributed by atoms with E-state index >= 15 is 0 Å². The van der Waals surface area contributed by atoms with Crippen LogP contribution in [0.3, 0.4) is 0 Å². The first-order valence-electron chi connectivity index (χ1n) is 10.2. The lowest BCUT2D eigenvalue weighted by molar-refractivity contribution is 0.104. The van der Waals surface area contributed by atoms with Gasteiger partial charge >= 0.3 is 6.03 Å². The van der Waals surface area contributed by atoms with Crippen molar-refractivity contribution in [3.63, 3.8) is 0 Å². The summed E-state index contributed by atoms with van der Waals surface area (Å²) in [6.07, 6.45) is 4.98. The summed E-state index contributed by atoms with van der Waals surface area (Å²) in [6, 6.07) is 10.5. The molecule has 1 saturated carbocycles. The van der Waals surface area contributed by atoms with Crippen molar-refractivity contribution in [3.8, 4) is 0 Å². The second kappa shape index (κ2) is 9.80. The largest absolute Gasteiger partial charge is 0.336 e. The standard InChI is InChI=1S/C21H34N4OS/c1-24(2)19(18-8-4-3-5-9-18)16-22-20(26)23-17-21(10-6-7-11-21)25-12-14-27-15-13-25/h3-5,8-9,19H,6-7,10-17H2,1-2H3,(H2,22,23,26). The third-order valence-corrected chi connectivity index (χ3v) is 7.00. The average molecular weight is 391 g/mol. The number of carbonyl (C=O) groups excluding carboxylic acids is 1. The van der Waals surface area contributed by atoms with E-state index in [1.807, 2.05) is 30.0 Å². The maximum absolute atomic E-state index is 12.5. The first kappa shape index (κ1) is 20.5. The Kier molecular flexibility index (Phi) is 7.44. The van der Waals surface area contributed by atoms with Crippen LogP contribution < -0.4 is 10.6 Å². The van der Waals surface area contributed by atoms with Crippen molar-refractivity contribution in [2.24, 2.45) is 0 Å². The lowest BCUT2D eigenvalue weighted by Gasteiger charge is -2.43. The second-order valence-electron chi connectivity index (χ2n) is 7.98. The van der Waals surface area contributed by atoms with Crippen LogP contribution in [-0.4, -0.2) is 73.1 Å². The molecule has 27 heavy (non-hydrogen) atoms. The van der Waals surface area contributed by atoms with Crippen LogP contribution in [0, 0.1) is 0 Å². The summed E-state index contributed by atoms with van der Waals surface area (Å²) >= 11 is 2.05. The minimum Gasteiger partial charge on any atom is -0.336 e. The molecular formula is C21H34N4OS. The van der Waals surface area contributed by atoms with Crippen LogP contribution in [0.1, 0.15) is 37.3 Å². The van der Waals surface area contributed by atoms with Gasteiger partial charge in [-0.25, -0.2) is 4.79 Å². The van der Waals surface area contributed by atoms with Crippen LogP contribution in [-0.2, 0) is 0 Å². The summed E-state index contributed by atoms with van der Waals surface area (Å²) in [5, 5.41) is 6.28. The van der Waals surface area contributed by atoms with Gasteiger partial charge in [0.25, 0.3) is 0 Å². The molecule has 1 aliphatic heterocycles. The molecule has 0 aromatic heterocycles. The lowest BCUT2D eigenvalue weighted by atomic mass is 9.94. The molecule has 150 valence electrons. The minimum absolute atomic E-state index is 0.0459. The van der Waals surface area contributed by atoms with Crippen molar-refractivity contribution >= 4 is 17.8 Å². The number of carbonyl (C=O) groups is 1. The van der Waals surface area contributed by atoms with Gasteiger partial charge in [0.05, 0.1) is 6.04 Å². The smallest absolute Gasteiger partial charge is 0.314 e. The predicted molar refractivity (Wildman–Crippen MR) is 114 cm³/mol. The highest BCUT2D eigenvalue weighted by Crippen LogP contribution is 2.36. The monoisotopic (exact) mass is 390 g/mol. The van der Waals surface area contributed by atoms with Gasteiger partial charge in [0.2, 0.25) is 0 Å². The Bertz CT molecular complexity index is 583. The average Bonchev–Trinajstić information content (AvgIpc) is 3.18. The quantitative estimate of drug-likeness (QED) is 0.751. The van der Waals surface area contributed by atoms with Gasteiger partial charge < -0.3 is 15.5 Å². The van der Waals surface area contributed by atoms with Crippen molar-refractivity contribution in [1.29, 1.82) is 0 Å². The van der Waals surface area contributed by atoms with E-state index in [1.54, 1.807) is 0 Å². The molecule has 3 rings (SSSR count). The Hall–Kier alpha value is -1.24. The molecule has 0 bridgehead atoms. The summed E-state index contributed by atoms with van der Waals surface area (Å²) in [5.74, 6) is 2.44. The molecular weight excluding hydrogens is 356 g/mol. The Morgan fingerprint density at radius 2 is 1.81 bits per heavy atom. The van der Waals surface area contributed by atoms with Gasteiger partial charge in [-0.15, -0.1) is 0 Å². The third kappa shape index (κ3) is 5.39. The number of amides is 2. The van der Waals surface area contributed by atoms with E-state index in [-0.39, 0.29) is 17.6 Å². The van der Waals surface area contributed by atoms with Crippen LogP contribution in [0.25, 0.3) is 0 Å². The van der Waals surface area contributed by atoms with E-state index in [0.29, 0.717) is 6.54 Å². The number of benzene rings is 1. The minimum atomic E-state index is -0.0459. The summed E-state index contributed by atoms with van der Waals surface area (Å²) in [5.41, 5.74) is 1.40. The fourth-order valence-electron chi connectivity index (χ4n) is 4.45. The predicted octanol–water partition coefficient (Wildman–Crippen LogP) is 2.95. The number of likely N-dealkylation sites (N-methyl/N-ethyl adjacent to an activating group) is 1. The molecule has 1 atom stereocenters. The number of urea groups is 1. The topological polar surface area (TPSA) is 47.6 Å². The number of nitrogens with zero attached hydrogens (tertiary/aromatic N) is 2. The zero-order valence-corrected chi connectivity index (χ0v) is 17.6. The molecule has 2 aliphatic rings. The number of hydrogen-bond acceptors (Lipinski definition) is 4. The Morgan fingerprint density at radius 3 is 2.44 bits per heavy atom. The molecule has 5 nitrogen and oxygen atoms in total. The fourth-order valence-corrected chi connectivity index (χ4v) is 5.35. The maximum Gasteiger partial charge on any atom is 0.314 e. The highest BCUT2D eigenvalue weighted by Gasteiger charge is 2.40. The molecule has 2 N–H and O–H groups in total. The lowest BCUT2D eigenvalue weighted by Crippen LogP contribution is -2.57. The molecule has 6 heteroatoms. The second-order valence-corrected chi connectivity index (χ2v) is 9.21. The van der Waals surface area contributed by atoms with Crippen LogP contribution in [0.5, 0.6) is 0 Å². The first-order chi connectivity index (χ1) is 13.1. The van der Waals surface area contributed by atoms with E-state index in [2.05, 4.69) is 46.7 Å². The normalized spacial score (nSPS) is 21.1. The number of rotatable bonds is 7. The summed E-state index contributed by atoms with van der Waals surface area (Å²) in [7, 11) is 4.11. The fraction of sp³-hybridized carbons (Fsp3) is 0.667. The Labute approximate surface area is 168 Å². The molecule has 1 aliphatic carbocycles. The van der Waals surface area contributed by atoms with Gasteiger partial charge in [-0.05, 0) is 32.5 Å². The zero-order chi connectivity index (χ0) is 19.1. The molecule has 0 spiro atoms. The third-order valence-electron chi connectivity index (χ3n) is 6.06. The van der Waals surface area contributed by atoms with Gasteiger partial charge in [0.1, 0.15) is 0 Å². The van der Waals surface area contributed by atoms with Gasteiger partial charge in [0.15, 0.2) is 0 Å². The number of nitrogens with one attached hydrogen (secondary N) is 2. The summed E-state index contributed by atoms with van der Waals surface area (Å²) < 4.78 is 0. The molecule has 2 fully saturated rings. The Balaban J connectivity index is 1.52. The van der Waals surface area contributed by atoms with E-state index < -0.39 is 0 Å². The van der Waals surface area contributed by atoms with E-state index in [0.717, 1.165) is 19.6 Å². The van der Waals surface area contributed by atoms with Gasteiger partial charge in [-0.2, -0.15) is 11.8 Å². The van der Waals surface area contributed by atoms with Gasteiger partial charge in [-0.3, -0.25) is 4.90 Å². The SMILES string of the molecule is CN(C)C(CNC(=O)NCC1(N2CCSCC2)CCCC1)c1ccccc1. The number of hydrogen-bond donors (Lipinski definition) is 2. The van der Waals surface area contributed by atoms with E-state index in [4.69, 9.17) is 0 Å². The van der Waals surface area contributed by atoms with Crippen molar-refractivity contribution in [1.82, 2.24) is 20.4 Å². The maximum atomic E-state index is 12.5. The zero-order valence-electron chi connectivity index (χ0n) is 16.7. The highest BCUT2D eigenvalue weighted by atomic mass is 32.2. The van der Waals surface area contributed by atoms with Crippen molar-refractivity contribution in [2.45, 2.75) is 37.3 Å². The van der Waals surface area contributed by atoms with Crippen LogP contribution in [0.2, 0.25) is 0 Å². The van der Waals surface area contributed by atoms with Crippen molar-refractivity contribution < 1.29 is 4.79 Å². The molecule has 1 heterocycles. The van der Waals surface area contributed by atoms with Gasteiger partial charge in [0, 0.05) is 43.2 Å². The van der Waals surface area contributed by atoms with Crippen LogP contribution >= 0.6 is 11.8 Å². The van der Waals surface area contributed by atoms with Gasteiger partial charge in [-0.1, -0.05) is 43.2 Å². The molecule has 1 unspecified atom stereocenters. The number of thioether (sulfide) groups is 1. The molecule has 1 aromatic carbocycles. The Morgan fingerprint density at radius 1 is 1.15 bits per heavy atom. The molecule has 0 radical (unpaired) electrons. The highest BCUT2D eigenvalue weighted by molar-refractivity contribution is 7.99. The first-order valence-corrected chi connectivity index (χ1v) is 11.3. The molecule has 2 amide bonds. The van der Waals surface area contributed by atoms with Crippen LogP contribution in [0.15, 0.2) is 30.3 Å². The summed E-state index contributed by atoms with van der Waals surface area (Å²) in [6.45, 7) is 3.69. The molecule has 1 saturated heterocycles. The molecule has 1 aromatic rings. The van der Waals surface area contributed by atoms with E-state index in [1.165, 1.54) is 42.8 Å². The van der Waals surface area contributed by atoms with E-state index in [9.17, 15) is 4.79 Å². The summed E-state index contributed by atoms with van der Waals surface area (Å²) in [4.78, 5) is 17.3. The van der Waals surface area contributed by atoms with Crippen LogP contribution in [0.4, 0.5) is 4.79 Å².